The predicted octanol–water partition coefficient (Wildman–Crippen LogP) is 8.73. The molecule has 3 N–H and O–H groups in total. The van der Waals surface area contributed by atoms with Crippen LogP contribution in [0.2, 0.25) is 0 Å². The van der Waals surface area contributed by atoms with Gasteiger partial charge in [0.2, 0.25) is 5.91 Å². The van der Waals surface area contributed by atoms with Crippen LogP contribution in [0.4, 0.5) is 0 Å². The Kier molecular flexibility index (Phi) is 28.2. The highest BCUT2D eigenvalue weighted by Crippen LogP contribution is 2.43. The lowest BCUT2D eigenvalue weighted by atomic mass is 10.1. The van der Waals surface area contributed by atoms with Gasteiger partial charge in [0.15, 0.2) is 0 Å². The van der Waals surface area contributed by atoms with Crippen molar-refractivity contribution >= 4 is 13.7 Å². The molecule has 0 aromatic heterocycles. The highest BCUT2D eigenvalue weighted by Gasteiger charge is 2.27. The lowest BCUT2D eigenvalue weighted by Crippen LogP contribution is -2.45. The summed E-state index contributed by atoms with van der Waals surface area (Å²) in [4.78, 5) is 22.9. The number of hydrogen-bond acceptors (Lipinski definition) is 5. The Balaban J connectivity index is 4.61. The highest BCUT2D eigenvalue weighted by molar-refractivity contribution is 7.47. The zero-order valence-electron chi connectivity index (χ0n) is 29.8. The van der Waals surface area contributed by atoms with Crippen molar-refractivity contribution < 1.29 is 32.9 Å². The first-order valence-corrected chi connectivity index (χ1v) is 19.1. The van der Waals surface area contributed by atoms with Crippen LogP contribution in [0.3, 0.4) is 0 Å². The summed E-state index contributed by atoms with van der Waals surface area (Å²) in [5.41, 5.74) is 0. The van der Waals surface area contributed by atoms with Crippen molar-refractivity contribution in [2.45, 2.75) is 129 Å². The molecule has 0 heterocycles. The molecule has 0 radical (unpaired) electrons. The number of nitrogens with one attached hydrogen (secondary N) is 1. The Morgan fingerprint density at radius 2 is 1.35 bits per heavy atom. The summed E-state index contributed by atoms with van der Waals surface area (Å²) in [5.74, 6) is -0.213. The summed E-state index contributed by atoms with van der Waals surface area (Å²) in [6.45, 7) is 4.46. The summed E-state index contributed by atoms with van der Waals surface area (Å²) in [7, 11) is 1.52. The molecule has 0 rings (SSSR count). The average Bonchev–Trinajstić information content (AvgIpc) is 2.99. The zero-order valence-corrected chi connectivity index (χ0v) is 30.7. The average molecular weight is 668 g/mol. The summed E-state index contributed by atoms with van der Waals surface area (Å²) >= 11 is 0. The third-order valence-electron chi connectivity index (χ3n) is 7.28. The van der Waals surface area contributed by atoms with E-state index in [0.29, 0.717) is 17.4 Å². The van der Waals surface area contributed by atoms with Crippen LogP contribution in [-0.2, 0) is 18.4 Å². The fourth-order valence-corrected chi connectivity index (χ4v) is 5.14. The maximum absolute atomic E-state index is 12.7. The summed E-state index contributed by atoms with van der Waals surface area (Å²) < 4.78 is 23.3. The number of carbonyl (C=O) groups is 1. The van der Waals surface area contributed by atoms with Gasteiger partial charge in [0, 0.05) is 6.42 Å². The molecule has 0 aromatic carbocycles. The molecule has 0 bridgehead atoms. The quantitative estimate of drug-likeness (QED) is 0.0306. The molecular weight excluding hydrogens is 599 g/mol. The highest BCUT2D eigenvalue weighted by atomic mass is 31.2. The molecule has 0 saturated heterocycles. The fraction of sp³-hybridized carbons (Fsp3) is 0.703. The van der Waals surface area contributed by atoms with Gasteiger partial charge in [-0.05, 0) is 71.1 Å². The maximum Gasteiger partial charge on any atom is 0.472 e. The van der Waals surface area contributed by atoms with Crippen LogP contribution in [0.1, 0.15) is 117 Å². The number of amides is 1. The Hall–Kier alpha value is -1.80. The topological polar surface area (TPSA) is 105 Å². The Labute approximate surface area is 281 Å². The van der Waals surface area contributed by atoms with Crippen LogP contribution in [0.25, 0.3) is 0 Å². The number of unbranched alkanes of at least 4 members (excludes halogenated alkanes) is 10. The number of phosphoric acid groups is 1. The molecule has 3 unspecified atom stereocenters. The largest absolute Gasteiger partial charge is 0.472 e. The number of aliphatic hydroxyl groups excluding tert-OH is 1. The molecule has 0 fully saturated rings. The third-order valence-corrected chi connectivity index (χ3v) is 8.27. The molecule has 0 aliphatic heterocycles. The van der Waals surface area contributed by atoms with E-state index in [1.807, 2.05) is 40.2 Å². The number of likely N-dealkylation sites (N-methyl/N-ethyl adjacent to an activating group) is 1. The van der Waals surface area contributed by atoms with Gasteiger partial charge in [0.05, 0.1) is 39.9 Å². The standard InChI is InChI=1S/C37H67N2O6P/c1-6-8-10-12-14-16-17-18-19-20-21-23-25-27-29-31-37(41)38-35(34-45-46(42,43)44-33-32-39(3,4)5)36(40)30-28-26-24-22-15-13-11-9-7-2/h7,9,14-16,18-19,22,28,30,35-36,40H,6,8,10-13,17,20-21,23-27,29,31-34H2,1-5H3,(H-,38,41,42,43)/p+1/b9-7+,16-14-,19-18-,22-15+,30-28+. The SMILES string of the molecule is C/C=C/CC/C=C/CC/C=C/C(O)C(COP(=O)(O)OCC[N+](C)(C)C)NC(=O)CCCCCCC/C=C\C/C=C\CCCCC. The summed E-state index contributed by atoms with van der Waals surface area (Å²) in [6.07, 6.45) is 35.9. The van der Waals surface area contributed by atoms with Crippen LogP contribution in [0, 0.1) is 0 Å². The number of aliphatic hydroxyl groups is 1. The van der Waals surface area contributed by atoms with E-state index in [1.165, 1.54) is 25.7 Å². The Bertz CT molecular complexity index is 939. The van der Waals surface area contributed by atoms with Crippen LogP contribution < -0.4 is 5.32 Å². The number of nitrogens with zero attached hydrogens (tertiary/aromatic N) is 1. The van der Waals surface area contributed by atoms with Gasteiger partial charge in [0.1, 0.15) is 13.2 Å². The van der Waals surface area contributed by atoms with Crippen molar-refractivity contribution in [3.63, 3.8) is 0 Å². The van der Waals surface area contributed by atoms with Crippen molar-refractivity contribution in [2.24, 2.45) is 0 Å². The number of quaternary nitrogens is 1. The van der Waals surface area contributed by atoms with Crippen molar-refractivity contribution in [3.05, 3.63) is 60.8 Å². The van der Waals surface area contributed by atoms with E-state index in [9.17, 15) is 19.4 Å². The Morgan fingerprint density at radius 1 is 0.783 bits per heavy atom. The van der Waals surface area contributed by atoms with E-state index in [4.69, 9.17) is 9.05 Å². The van der Waals surface area contributed by atoms with Gasteiger partial charge in [-0.2, -0.15) is 0 Å². The minimum atomic E-state index is -4.34. The van der Waals surface area contributed by atoms with Gasteiger partial charge in [-0.25, -0.2) is 4.57 Å². The molecule has 9 heteroatoms. The maximum atomic E-state index is 12.7. The first kappa shape index (κ1) is 44.2. The van der Waals surface area contributed by atoms with E-state index < -0.39 is 20.0 Å². The van der Waals surface area contributed by atoms with Crippen LogP contribution in [0.5, 0.6) is 0 Å². The minimum Gasteiger partial charge on any atom is -0.387 e. The molecule has 3 atom stereocenters. The number of allylic oxidation sites excluding steroid dienone is 9. The molecule has 0 aliphatic carbocycles. The smallest absolute Gasteiger partial charge is 0.387 e. The van der Waals surface area contributed by atoms with E-state index in [-0.39, 0.29) is 19.1 Å². The number of carbonyl (C=O) groups excluding carboxylic acids is 1. The second-order valence-electron chi connectivity index (χ2n) is 12.9. The molecule has 0 saturated carbocycles. The first-order valence-electron chi connectivity index (χ1n) is 17.6. The molecule has 1 amide bonds. The van der Waals surface area contributed by atoms with Crippen LogP contribution in [0.15, 0.2) is 60.8 Å². The molecule has 8 nitrogen and oxygen atoms in total. The third kappa shape index (κ3) is 30.8. The summed E-state index contributed by atoms with van der Waals surface area (Å²) in [6, 6.07) is -0.874. The van der Waals surface area contributed by atoms with Gasteiger partial charge in [0.25, 0.3) is 0 Å². The van der Waals surface area contributed by atoms with Gasteiger partial charge in [-0.1, -0.05) is 99.8 Å². The van der Waals surface area contributed by atoms with Gasteiger partial charge >= 0.3 is 7.82 Å². The number of phosphoric ester groups is 1. The second kappa shape index (κ2) is 29.3. The minimum absolute atomic E-state index is 0.0475. The van der Waals surface area contributed by atoms with Gasteiger partial charge in [-0.15, -0.1) is 0 Å². The van der Waals surface area contributed by atoms with Crippen LogP contribution in [-0.4, -0.2) is 73.4 Å². The van der Waals surface area contributed by atoms with E-state index in [1.54, 1.807) is 6.08 Å². The lowest BCUT2D eigenvalue weighted by Gasteiger charge is -2.25. The predicted molar refractivity (Wildman–Crippen MR) is 193 cm³/mol. The van der Waals surface area contributed by atoms with E-state index in [0.717, 1.165) is 70.6 Å². The molecule has 0 aliphatic rings. The number of hydrogen-bond donors (Lipinski definition) is 3. The second-order valence-corrected chi connectivity index (χ2v) is 14.3. The Morgan fingerprint density at radius 3 is 1.98 bits per heavy atom. The molecule has 0 aromatic rings. The summed E-state index contributed by atoms with van der Waals surface area (Å²) in [5, 5.41) is 13.6. The van der Waals surface area contributed by atoms with Crippen molar-refractivity contribution in [3.8, 4) is 0 Å². The van der Waals surface area contributed by atoms with E-state index >= 15 is 0 Å². The van der Waals surface area contributed by atoms with Gasteiger partial charge < -0.3 is 19.8 Å². The van der Waals surface area contributed by atoms with Crippen molar-refractivity contribution in [1.29, 1.82) is 0 Å². The van der Waals surface area contributed by atoms with Crippen molar-refractivity contribution in [2.75, 3.05) is 40.9 Å². The fourth-order valence-electron chi connectivity index (χ4n) is 4.40. The van der Waals surface area contributed by atoms with Crippen molar-refractivity contribution in [1.82, 2.24) is 5.32 Å². The monoisotopic (exact) mass is 667 g/mol. The number of rotatable bonds is 30. The van der Waals surface area contributed by atoms with Crippen LogP contribution >= 0.6 is 7.82 Å². The molecular formula is C37H68N2O6P+. The molecule has 0 spiro atoms. The first-order chi connectivity index (χ1) is 22.0. The normalized spacial score (nSPS) is 15.5. The zero-order chi connectivity index (χ0) is 34.4. The molecule has 266 valence electrons. The van der Waals surface area contributed by atoms with E-state index in [2.05, 4.69) is 54.8 Å². The lowest BCUT2D eigenvalue weighted by molar-refractivity contribution is -0.870. The molecule has 46 heavy (non-hydrogen) atoms. The van der Waals surface area contributed by atoms with Gasteiger partial charge in [-0.3, -0.25) is 13.8 Å².